The summed E-state index contributed by atoms with van der Waals surface area (Å²) in [6, 6.07) is 5.18. The molecule has 5 rings (SSSR count). The molecule has 0 spiro atoms. The summed E-state index contributed by atoms with van der Waals surface area (Å²) in [4.78, 5) is 56.4. The van der Waals surface area contributed by atoms with E-state index in [1.165, 1.54) is 24.1 Å². The molecule has 7 N–H and O–H groups in total. The van der Waals surface area contributed by atoms with Gasteiger partial charge in [0.2, 0.25) is 11.7 Å². The minimum absolute atomic E-state index is 0.0133. The summed E-state index contributed by atoms with van der Waals surface area (Å²) < 4.78 is 0. The molecule has 0 aliphatic heterocycles. The Kier molecular flexibility index (Phi) is 6.27. The minimum Gasteiger partial charge on any atom is -0.510 e. The molecule has 4 atom stereocenters. The average molecular weight is 549 g/mol. The second-order valence-corrected chi connectivity index (χ2v) is 10.6. The van der Waals surface area contributed by atoms with Gasteiger partial charge in [0.25, 0.3) is 5.91 Å². The van der Waals surface area contributed by atoms with E-state index in [2.05, 4.69) is 10.3 Å². The van der Waals surface area contributed by atoms with Gasteiger partial charge in [-0.1, -0.05) is 6.07 Å². The molecule has 0 bridgehead atoms. The van der Waals surface area contributed by atoms with Crippen LogP contribution < -0.4 is 11.1 Å². The number of carbonyl (C=O) groups excluding carboxylic acids is 4. The van der Waals surface area contributed by atoms with Crippen molar-refractivity contribution in [1.29, 1.82) is 0 Å². The molecule has 3 aliphatic rings. The zero-order chi connectivity index (χ0) is 29.3. The van der Waals surface area contributed by atoms with E-state index in [9.17, 15) is 39.6 Å². The number of Topliss-reactive ketones (excluding diaryl/α,β-unsaturated/α-hetero) is 2. The Balaban J connectivity index is 1.66. The Labute approximate surface area is 228 Å². The molecular weight excluding hydrogens is 520 g/mol. The number of ketones is 2. The zero-order valence-electron chi connectivity index (χ0n) is 21.9. The molecule has 208 valence electrons. The highest BCUT2D eigenvalue weighted by molar-refractivity contribution is 6.24. The number of fused-ring (bicyclic) bond motifs is 3. The van der Waals surface area contributed by atoms with Gasteiger partial charge in [0.15, 0.2) is 11.4 Å². The van der Waals surface area contributed by atoms with Gasteiger partial charge >= 0.3 is 0 Å². The monoisotopic (exact) mass is 548 g/mol. The number of aliphatic hydroxyl groups excluding tert-OH is 2. The molecule has 4 unspecified atom stereocenters. The maximum atomic E-state index is 13.8. The SMILES string of the molecule is CC(=O)Nc1ccc(-c2ccc(O)c3c2CC2CC4C(N(C)C)C(O)=C(C(N)=O)C(=O)C4(O)C(O)=C2C3=O)cn1. The summed E-state index contributed by atoms with van der Waals surface area (Å²) in [6.07, 6.45) is 1.65. The summed E-state index contributed by atoms with van der Waals surface area (Å²) in [6.45, 7) is 1.36. The van der Waals surface area contributed by atoms with Gasteiger partial charge in [-0.25, -0.2) is 4.98 Å². The van der Waals surface area contributed by atoms with Gasteiger partial charge in [-0.3, -0.25) is 24.1 Å². The van der Waals surface area contributed by atoms with E-state index in [1.807, 2.05) is 0 Å². The Bertz CT molecular complexity index is 1560. The molecule has 0 fully saturated rings. The van der Waals surface area contributed by atoms with Crippen LogP contribution in [0.1, 0.15) is 29.3 Å². The number of hydrogen-bond donors (Lipinski definition) is 6. The maximum Gasteiger partial charge on any atom is 0.255 e. The minimum atomic E-state index is -2.69. The third-order valence-electron chi connectivity index (χ3n) is 7.98. The van der Waals surface area contributed by atoms with E-state index in [4.69, 9.17) is 5.73 Å². The number of anilines is 1. The first-order chi connectivity index (χ1) is 18.8. The van der Waals surface area contributed by atoms with Crippen LogP contribution in [-0.4, -0.2) is 79.4 Å². The fourth-order valence-corrected chi connectivity index (χ4v) is 6.33. The Morgan fingerprint density at radius 2 is 1.82 bits per heavy atom. The van der Waals surface area contributed by atoms with Gasteiger partial charge in [-0.05, 0) is 62.2 Å². The fourth-order valence-electron chi connectivity index (χ4n) is 6.33. The molecule has 0 radical (unpaired) electrons. The molecule has 12 heteroatoms. The predicted molar refractivity (Wildman–Crippen MR) is 141 cm³/mol. The highest BCUT2D eigenvalue weighted by Gasteiger charge is 2.63. The molecule has 0 saturated carbocycles. The summed E-state index contributed by atoms with van der Waals surface area (Å²) in [5, 5.41) is 47.2. The third-order valence-corrected chi connectivity index (χ3v) is 7.98. The van der Waals surface area contributed by atoms with Crippen molar-refractivity contribution in [3.8, 4) is 16.9 Å². The summed E-state index contributed by atoms with van der Waals surface area (Å²) >= 11 is 0. The van der Waals surface area contributed by atoms with Crippen LogP contribution >= 0.6 is 0 Å². The van der Waals surface area contributed by atoms with Crippen LogP contribution in [0.5, 0.6) is 5.75 Å². The van der Waals surface area contributed by atoms with E-state index in [1.54, 1.807) is 32.3 Å². The van der Waals surface area contributed by atoms with E-state index in [0.717, 1.165) is 0 Å². The number of pyridine rings is 1. The molecule has 0 saturated heterocycles. The maximum absolute atomic E-state index is 13.8. The summed E-state index contributed by atoms with van der Waals surface area (Å²) in [5.41, 5.74) is 3.16. The number of primary amides is 1. The first-order valence-corrected chi connectivity index (χ1v) is 12.5. The molecule has 40 heavy (non-hydrogen) atoms. The largest absolute Gasteiger partial charge is 0.510 e. The Morgan fingerprint density at radius 1 is 1.12 bits per heavy atom. The van der Waals surface area contributed by atoms with Gasteiger partial charge in [-0.15, -0.1) is 0 Å². The predicted octanol–water partition coefficient (Wildman–Crippen LogP) is 1.14. The second-order valence-electron chi connectivity index (χ2n) is 10.6. The second kappa shape index (κ2) is 9.28. The number of nitrogens with zero attached hydrogens (tertiary/aromatic N) is 2. The number of aromatic hydroxyl groups is 1. The topological polar surface area (TPSA) is 203 Å². The van der Waals surface area contributed by atoms with Crippen LogP contribution in [0, 0.1) is 11.8 Å². The lowest BCUT2D eigenvalue weighted by atomic mass is 9.58. The van der Waals surface area contributed by atoms with Crippen molar-refractivity contribution in [3.63, 3.8) is 0 Å². The van der Waals surface area contributed by atoms with E-state index < -0.39 is 58.0 Å². The molecule has 1 aromatic carbocycles. The van der Waals surface area contributed by atoms with E-state index >= 15 is 0 Å². The number of hydrogen-bond acceptors (Lipinski definition) is 10. The number of phenolic OH excluding ortho intramolecular Hbond substituents is 1. The van der Waals surface area contributed by atoms with Crippen LogP contribution in [0.15, 0.2) is 53.1 Å². The number of phenols is 1. The average Bonchev–Trinajstić information content (AvgIpc) is 2.86. The number of amides is 2. The van der Waals surface area contributed by atoms with Crippen LogP contribution in [0.25, 0.3) is 11.1 Å². The van der Waals surface area contributed by atoms with Gasteiger partial charge in [0, 0.05) is 30.2 Å². The number of aliphatic hydroxyl groups is 3. The van der Waals surface area contributed by atoms with Crippen LogP contribution in [-0.2, 0) is 20.8 Å². The lowest BCUT2D eigenvalue weighted by molar-refractivity contribution is -0.148. The molecular formula is C28H28N4O8. The van der Waals surface area contributed by atoms with Gasteiger partial charge in [-0.2, -0.15) is 0 Å². The number of allylic oxidation sites excluding steroid dienone is 1. The summed E-state index contributed by atoms with van der Waals surface area (Å²) in [7, 11) is 3.14. The Hall–Kier alpha value is -4.55. The number of aromatic nitrogens is 1. The summed E-state index contributed by atoms with van der Waals surface area (Å²) in [5.74, 6) is -6.99. The molecule has 3 aliphatic carbocycles. The van der Waals surface area contributed by atoms with Gasteiger partial charge < -0.3 is 31.5 Å². The first-order valence-electron chi connectivity index (χ1n) is 12.5. The van der Waals surface area contributed by atoms with Crippen LogP contribution in [0.4, 0.5) is 5.82 Å². The lowest BCUT2D eigenvalue weighted by Gasteiger charge is -2.50. The number of rotatable bonds is 4. The highest BCUT2D eigenvalue weighted by atomic mass is 16.3. The van der Waals surface area contributed by atoms with Gasteiger partial charge in [0.1, 0.15) is 28.7 Å². The number of benzene rings is 1. The van der Waals surface area contributed by atoms with Crippen LogP contribution in [0.3, 0.4) is 0 Å². The van der Waals surface area contributed by atoms with Crippen molar-refractivity contribution in [2.45, 2.75) is 31.4 Å². The highest BCUT2D eigenvalue weighted by Crippen LogP contribution is 2.53. The Morgan fingerprint density at radius 3 is 2.40 bits per heavy atom. The van der Waals surface area contributed by atoms with Crippen molar-refractivity contribution in [2.24, 2.45) is 17.6 Å². The molecule has 2 amide bonds. The van der Waals surface area contributed by atoms with Crippen LogP contribution in [0.2, 0.25) is 0 Å². The molecule has 1 aromatic heterocycles. The van der Waals surface area contributed by atoms with Crippen molar-refractivity contribution < 1.29 is 39.6 Å². The first kappa shape index (κ1) is 27.0. The number of nitrogens with one attached hydrogen (secondary N) is 1. The quantitative estimate of drug-likeness (QED) is 0.301. The van der Waals surface area contributed by atoms with Crippen molar-refractivity contribution in [2.75, 3.05) is 19.4 Å². The normalized spacial score (nSPS) is 25.9. The molecule has 12 nitrogen and oxygen atoms in total. The van der Waals surface area contributed by atoms with Crippen molar-refractivity contribution in [1.82, 2.24) is 9.88 Å². The fraction of sp³-hybridized carbons (Fsp3) is 0.321. The van der Waals surface area contributed by atoms with Crippen molar-refractivity contribution in [3.05, 3.63) is 64.3 Å². The van der Waals surface area contributed by atoms with E-state index in [-0.39, 0.29) is 35.6 Å². The number of likely N-dealkylation sites (N-methyl/N-ethyl adjacent to an activating group) is 1. The standard InChI is InChI=1S/C28H28N4O8/c1-11(33)31-18-7-4-12(10-30-18)14-5-6-17(34)20-15(14)8-13-9-16-22(32(2)3)24(36)21(27(29)39)26(38)28(16,40)25(37)19(13)23(20)35/h4-7,10,13,16,22,34,36-37,40H,8-9H2,1-3H3,(H2,29,39)(H,30,31,33). The number of nitrogens with two attached hydrogens (primary N) is 1. The molecule has 1 heterocycles. The van der Waals surface area contributed by atoms with Crippen molar-refractivity contribution >= 4 is 29.2 Å². The smallest absolute Gasteiger partial charge is 0.255 e. The lowest BCUT2D eigenvalue weighted by Crippen LogP contribution is -2.63. The zero-order valence-corrected chi connectivity index (χ0v) is 21.9. The number of carbonyl (C=O) groups is 4. The van der Waals surface area contributed by atoms with Gasteiger partial charge in [0.05, 0.1) is 11.6 Å². The van der Waals surface area contributed by atoms with E-state index in [0.29, 0.717) is 22.5 Å². The molecule has 2 aromatic rings. The third kappa shape index (κ3) is 3.79.